The molecule has 0 aromatic heterocycles. The first-order valence-corrected chi connectivity index (χ1v) is 5.57. The standard InChI is InChI=1S/C11H24N2O/c1-5-10(8-12(2)3)11-9-14-7-6-13(11)4/h10-11H,5-9H2,1-4H3. The second kappa shape index (κ2) is 5.69. The minimum Gasteiger partial charge on any atom is -0.378 e. The molecule has 1 aliphatic rings. The van der Waals surface area contributed by atoms with E-state index >= 15 is 0 Å². The average molecular weight is 200 g/mol. The molecule has 0 aromatic rings. The second-order valence-electron chi connectivity index (χ2n) is 4.55. The van der Waals surface area contributed by atoms with Gasteiger partial charge in [-0.15, -0.1) is 0 Å². The molecule has 1 saturated heterocycles. The zero-order chi connectivity index (χ0) is 10.6. The predicted molar refractivity (Wildman–Crippen MR) is 59.6 cm³/mol. The molecular formula is C11H24N2O. The summed E-state index contributed by atoms with van der Waals surface area (Å²) in [5, 5.41) is 0. The van der Waals surface area contributed by atoms with Crippen LogP contribution in [-0.4, -0.2) is 63.3 Å². The molecule has 1 rings (SSSR count). The average Bonchev–Trinajstić information content (AvgIpc) is 2.15. The van der Waals surface area contributed by atoms with E-state index in [-0.39, 0.29) is 0 Å². The zero-order valence-corrected chi connectivity index (χ0v) is 9.99. The van der Waals surface area contributed by atoms with Gasteiger partial charge in [0.05, 0.1) is 13.2 Å². The molecule has 1 fully saturated rings. The molecule has 0 aromatic carbocycles. The highest BCUT2D eigenvalue weighted by atomic mass is 16.5. The molecule has 0 saturated carbocycles. The first kappa shape index (κ1) is 12.0. The summed E-state index contributed by atoms with van der Waals surface area (Å²) in [4.78, 5) is 4.72. The SMILES string of the molecule is CCC(CN(C)C)C1COCCN1C. The molecule has 2 atom stereocenters. The van der Waals surface area contributed by atoms with Gasteiger partial charge in [-0.2, -0.15) is 0 Å². The lowest BCUT2D eigenvalue weighted by atomic mass is 9.95. The molecule has 0 spiro atoms. The van der Waals surface area contributed by atoms with Crippen LogP contribution in [0.4, 0.5) is 0 Å². The summed E-state index contributed by atoms with van der Waals surface area (Å²) in [5.74, 6) is 0.732. The molecule has 84 valence electrons. The molecule has 14 heavy (non-hydrogen) atoms. The summed E-state index contributed by atoms with van der Waals surface area (Å²) in [6.07, 6.45) is 1.23. The van der Waals surface area contributed by atoms with Crippen molar-refractivity contribution in [3.8, 4) is 0 Å². The van der Waals surface area contributed by atoms with E-state index in [1.165, 1.54) is 6.42 Å². The van der Waals surface area contributed by atoms with Crippen LogP contribution >= 0.6 is 0 Å². The summed E-state index contributed by atoms with van der Waals surface area (Å²) in [6.45, 7) is 6.31. The van der Waals surface area contributed by atoms with E-state index in [0.717, 1.165) is 32.2 Å². The lowest BCUT2D eigenvalue weighted by Gasteiger charge is -2.38. The lowest BCUT2D eigenvalue weighted by molar-refractivity contribution is -0.0218. The van der Waals surface area contributed by atoms with Gasteiger partial charge in [0.1, 0.15) is 0 Å². The Morgan fingerprint density at radius 2 is 2.21 bits per heavy atom. The fraction of sp³-hybridized carbons (Fsp3) is 1.00. The number of likely N-dealkylation sites (N-methyl/N-ethyl adjacent to an activating group) is 1. The second-order valence-corrected chi connectivity index (χ2v) is 4.55. The van der Waals surface area contributed by atoms with Crippen molar-refractivity contribution >= 4 is 0 Å². The maximum atomic E-state index is 5.56. The van der Waals surface area contributed by atoms with Crippen LogP contribution < -0.4 is 0 Å². The van der Waals surface area contributed by atoms with Crippen LogP contribution in [0.3, 0.4) is 0 Å². The van der Waals surface area contributed by atoms with Gasteiger partial charge in [0, 0.05) is 19.1 Å². The molecule has 0 radical (unpaired) electrons. The molecule has 1 heterocycles. The molecule has 0 N–H and O–H groups in total. The number of hydrogen-bond acceptors (Lipinski definition) is 3. The Kier molecular flexibility index (Phi) is 4.85. The fourth-order valence-corrected chi connectivity index (χ4v) is 2.19. The van der Waals surface area contributed by atoms with Crippen molar-refractivity contribution in [3.63, 3.8) is 0 Å². The third-order valence-electron chi connectivity index (χ3n) is 3.11. The van der Waals surface area contributed by atoms with Crippen LogP contribution in [0.2, 0.25) is 0 Å². The number of nitrogens with zero attached hydrogens (tertiary/aromatic N) is 2. The Morgan fingerprint density at radius 3 is 2.71 bits per heavy atom. The largest absolute Gasteiger partial charge is 0.378 e. The van der Waals surface area contributed by atoms with Crippen molar-refractivity contribution in [2.45, 2.75) is 19.4 Å². The molecule has 2 unspecified atom stereocenters. The normalized spacial score (nSPS) is 26.8. The molecule has 1 aliphatic heterocycles. The van der Waals surface area contributed by atoms with E-state index in [9.17, 15) is 0 Å². The first-order valence-electron chi connectivity index (χ1n) is 5.57. The summed E-state index contributed by atoms with van der Waals surface area (Å²) in [5.41, 5.74) is 0. The van der Waals surface area contributed by atoms with Gasteiger partial charge in [-0.05, 0) is 27.1 Å². The third kappa shape index (κ3) is 3.23. The molecular weight excluding hydrogens is 176 g/mol. The van der Waals surface area contributed by atoms with Gasteiger partial charge in [-0.1, -0.05) is 13.3 Å². The van der Waals surface area contributed by atoms with E-state index in [0.29, 0.717) is 6.04 Å². The van der Waals surface area contributed by atoms with E-state index < -0.39 is 0 Å². The smallest absolute Gasteiger partial charge is 0.0625 e. The van der Waals surface area contributed by atoms with Gasteiger partial charge >= 0.3 is 0 Å². The molecule has 0 aliphatic carbocycles. The summed E-state index contributed by atoms with van der Waals surface area (Å²) >= 11 is 0. The van der Waals surface area contributed by atoms with E-state index in [1.807, 2.05) is 0 Å². The minimum absolute atomic E-state index is 0.608. The Bertz CT molecular complexity index is 161. The summed E-state index contributed by atoms with van der Waals surface area (Å²) < 4.78 is 5.56. The predicted octanol–water partition coefficient (Wildman–Crippen LogP) is 0.905. The zero-order valence-electron chi connectivity index (χ0n) is 9.99. The highest BCUT2D eigenvalue weighted by Gasteiger charge is 2.27. The maximum Gasteiger partial charge on any atom is 0.0625 e. The van der Waals surface area contributed by atoms with Crippen LogP contribution in [0.5, 0.6) is 0 Å². The van der Waals surface area contributed by atoms with Gasteiger partial charge < -0.3 is 9.64 Å². The Balaban J connectivity index is 2.48. The summed E-state index contributed by atoms with van der Waals surface area (Å²) in [7, 11) is 6.50. The van der Waals surface area contributed by atoms with E-state index in [4.69, 9.17) is 4.74 Å². The quantitative estimate of drug-likeness (QED) is 0.671. The number of hydrogen-bond donors (Lipinski definition) is 0. The van der Waals surface area contributed by atoms with Crippen LogP contribution in [0.25, 0.3) is 0 Å². The van der Waals surface area contributed by atoms with Crippen molar-refractivity contribution in [1.82, 2.24) is 9.80 Å². The van der Waals surface area contributed by atoms with Gasteiger partial charge in [-0.3, -0.25) is 4.90 Å². The van der Waals surface area contributed by atoms with Crippen molar-refractivity contribution < 1.29 is 4.74 Å². The molecule has 3 nitrogen and oxygen atoms in total. The van der Waals surface area contributed by atoms with E-state index in [1.54, 1.807) is 0 Å². The van der Waals surface area contributed by atoms with Gasteiger partial charge in [0.2, 0.25) is 0 Å². The Morgan fingerprint density at radius 1 is 1.50 bits per heavy atom. The first-order chi connectivity index (χ1) is 6.65. The molecule has 3 heteroatoms. The van der Waals surface area contributed by atoms with Crippen LogP contribution in [0.1, 0.15) is 13.3 Å². The van der Waals surface area contributed by atoms with Crippen molar-refractivity contribution in [2.75, 3.05) is 47.4 Å². The number of rotatable bonds is 4. The monoisotopic (exact) mass is 200 g/mol. The fourth-order valence-electron chi connectivity index (χ4n) is 2.19. The Labute approximate surface area is 88.0 Å². The lowest BCUT2D eigenvalue weighted by Crippen LogP contribution is -2.49. The summed E-state index contributed by atoms with van der Waals surface area (Å²) in [6, 6.07) is 0.608. The topological polar surface area (TPSA) is 15.7 Å². The molecule has 0 bridgehead atoms. The van der Waals surface area contributed by atoms with Crippen molar-refractivity contribution in [1.29, 1.82) is 0 Å². The van der Waals surface area contributed by atoms with Crippen molar-refractivity contribution in [3.05, 3.63) is 0 Å². The van der Waals surface area contributed by atoms with Crippen LogP contribution in [0.15, 0.2) is 0 Å². The van der Waals surface area contributed by atoms with Gasteiger partial charge in [0.15, 0.2) is 0 Å². The number of ether oxygens (including phenoxy) is 1. The minimum atomic E-state index is 0.608. The van der Waals surface area contributed by atoms with Gasteiger partial charge in [0.25, 0.3) is 0 Å². The number of morpholine rings is 1. The van der Waals surface area contributed by atoms with Crippen molar-refractivity contribution in [2.24, 2.45) is 5.92 Å². The molecule has 0 amide bonds. The van der Waals surface area contributed by atoms with Gasteiger partial charge in [-0.25, -0.2) is 0 Å². The van der Waals surface area contributed by atoms with Crippen LogP contribution in [-0.2, 0) is 4.74 Å². The maximum absolute atomic E-state index is 5.56. The van der Waals surface area contributed by atoms with E-state index in [2.05, 4.69) is 37.9 Å². The Hall–Kier alpha value is -0.120. The highest BCUT2D eigenvalue weighted by molar-refractivity contribution is 4.80. The highest BCUT2D eigenvalue weighted by Crippen LogP contribution is 2.17. The van der Waals surface area contributed by atoms with Crippen LogP contribution in [0, 0.1) is 5.92 Å². The third-order valence-corrected chi connectivity index (χ3v) is 3.11.